The minimum absolute atomic E-state index is 0.0199. The Bertz CT molecular complexity index is 1560. The van der Waals surface area contributed by atoms with E-state index in [2.05, 4.69) is 21.6 Å². The molecule has 10 nitrogen and oxygen atoms in total. The van der Waals surface area contributed by atoms with Crippen LogP contribution in [-0.2, 0) is 22.6 Å². The average Bonchev–Trinajstić information content (AvgIpc) is 3.44. The molecule has 0 bridgehead atoms. The number of thioether (sulfide) groups is 1. The van der Waals surface area contributed by atoms with Crippen LogP contribution < -0.4 is 24.4 Å². The summed E-state index contributed by atoms with van der Waals surface area (Å²) in [5.74, 6) is 1.91. The van der Waals surface area contributed by atoms with Gasteiger partial charge in [-0.2, -0.15) is 0 Å². The Labute approximate surface area is 252 Å². The molecule has 1 aromatic heterocycles. The molecule has 0 saturated carbocycles. The number of hydrogen-bond acceptors (Lipinski definition) is 8. The number of hydrogen-bond donors (Lipinski definition) is 1. The van der Waals surface area contributed by atoms with Gasteiger partial charge < -0.3 is 24.4 Å². The number of carbonyl (C=O) groups is 2. The number of nitrogens with one attached hydrogen (secondary N) is 1. The largest absolute Gasteiger partial charge is 0.497 e. The number of para-hydroxylation sites is 1. The maximum absolute atomic E-state index is 13.4. The van der Waals surface area contributed by atoms with E-state index in [1.807, 2.05) is 23.1 Å². The first kappa shape index (κ1) is 29.3. The fraction of sp³-hybridized carbons (Fsp3) is 0.267. The lowest BCUT2D eigenvalue weighted by Gasteiger charge is -2.29. The monoisotopic (exact) mass is 607 g/mol. The Morgan fingerprint density at radius 2 is 1.76 bits per heavy atom. The number of anilines is 1. The molecule has 4 aromatic rings. The number of aromatic nitrogens is 3. The summed E-state index contributed by atoms with van der Waals surface area (Å²) in [6.07, 6.45) is 1.87. The van der Waals surface area contributed by atoms with E-state index >= 15 is 0 Å². The zero-order valence-corrected chi connectivity index (χ0v) is 24.8. The number of aryl methyl sites for hydroxylation is 1. The SMILES string of the molecule is COc1ccc(OC)c(-n2c(CNC(=O)COc3ccc(Cl)cc3)nnc2SCC(=O)N2CCCc3ccccc32)c1. The number of methoxy groups -OCH3 is 2. The summed E-state index contributed by atoms with van der Waals surface area (Å²) >= 11 is 7.18. The average molecular weight is 608 g/mol. The third-order valence-corrected chi connectivity index (χ3v) is 7.86. The van der Waals surface area contributed by atoms with Crippen LogP contribution in [0.5, 0.6) is 17.2 Å². The highest BCUT2D eigenvalue weighted by Gasteiger charge is 2.25. The number of amides is 2. The van der Waals surface area contributed by atoms with Crippen molar-refractivity contribution in [3.63, 3.8) is 0 Å². The Morgan fingerprint density at radius 1 is 0.976 bits per heavy atom. The Hall–Kier alpha value is -4.22. The van der Waals surface area contributed by atoms with Crippen molar-refractivity contribution in [3.05, 3.63) is 83.1 Å². The van der Waals surface area contributed by atoms with Crippen LogP contribution in [0.15, 0.2) is 71.9 Å². The number of carbonyl (C=O) groups excluding carboxylic acids is 2. The van der Waals surface area contributed by atoms with E-state index in [9.17, 15) is 9.59 Å². The van der Waals surface area contributed by atoms with Gasteiger partial charge in [0.1, 0.15) is 17.2 Å². The molecule has 0 radical (unpaired) electrons. The lowest BCUT2D eigenvalue weighted by Crippen LogP contribution is -2.36. The van der Waals surface area contributed by atoms with Gasteiger partial charge in [-0.25, -0.2) is 0 Å². The second kappa shape index (κ2) is 13.6. The van der Waals surface area contributed by atoms with Gasteiger partial charge in [0, 0.05) is 23.3 Å². The van der Waals surface area contributed by atoms with E-state index in [0.717, 1.165) is 18.5 Å². The number of ether oxygens (including phenoxy) is 3. The minimum Gasteiger partial charge on any atom is -0.497 e. The Balaban J connectivity index is 1.34. The van der Waals surface area contributed by atoms with Gasteiger partial charge in [-0.15, -0.1) is 10.2 Å². The Kier molecular flexibility index (Phi) is 9.50. The zero-order valence-electron chi connectivity index (χ0n) is 23.2. The highest BCUT2D eigenvalue weighted by atomic mass is 35.5. The maximum Gasteiger partial charge on any atom is 0.258 e. The molecule has 218 valence electrons. The van der Waals surface area contributed by atoms with Crippen LogP contribution in [0, 0.1) is 0 Å². The van der Waals surface area contributed by atoms with Crippen LogP contribution >= 0.6 is 23.4 Å². The van der Waals surface area contributed by atoms with Crippen LogP contribution in [0.4, 0.5) is 5.69 Å². The van der Waals surface area contributed by atoms with Crippen molar-refractivity contribution < 1.29 is 23.8 Å². The summed E-state index contributed by atoms with van der Waals surface area (Å²) in [4.78, 5) is 27.8. The standard InChI is InChI=1S/C30H30ClN5O5S/c1-39-23-13-14-26(40-2)25(16-23)36-27(17-32-28(37)18-41-22-11-9-21(31)10-12-22)33-34-30(36)42-19-29(38)35-15-5-7-20-6-3-4-8-24(20)35/h3-4,6,8-14,16H,5,7,15,17-19H2,1-2H3,(H,32,37). The molecule has 2 heterocycles. The molecule has 0 aliphatic carbocycles. The zero-order chi connectivity index (χ0) is 29.5. The highest BCUT2D eigenvalue weighted by molar-refractivity contribution is 7.99. The normalized spacial score (nSPS) is 12.4. The first-order valence-corrected chi connectivity index (χ1v) is 14.7. The van der Waals surface area contributed by atoms with Crippen molar-refractivity contribution >= 4 is 40.9 Å². The van der Waals surface area contributed by atoms with E-state index in [0.29, 0.717) is 45.5 Å². The smallest absolute Gasteiger partial charge is 0.258 e. The lowest BCUT2D eigenvalue weighted by molar-refractivity contribution is -0.123. The van der Waals surface area contributed by atoms with Crippen molar-refractivity contribution in [3.8, 4) is 22.9 Å². The minimum atomic E-state index is -0.342. The van der Waals surface area contributed by atoms with Gasteiger partial charge in [-0.05, 0) is 60.9 Å². The van der Waals surface area contributed by atoms with E-state index in [-0.39, 0.29) is 30.7 Å². The van der Waals surface area contributed by atoms with E-state index in [1.165, 1.54) is 17.3 Å². The quantitative estimate of drug-likeness (QED) is 0.244. The van der Waals surface area contributed by atoms with Crippen LogP contribution in [0.3, 0.4) is 0 Å². The van der Waals surface area contributed by atoms with Gasteiger partial charge in [0.05, 0.1) is 32.2 Å². The second-order valence-corrected chi connectivity index (χ2v) is 10.7. The molecule has 0 unspecified atom stereocenters. The van der Waals surface area contributed by atoms with Crippen molar-refractivity contribution in [2.75, 3.05) is 38.0 Å². The summed E-state index contributed by atoms with van der Waals surface area (Å²) < 4.78 is 18.4. The topological polar surface area (TPSA) is 108 Å². The highest BCUT2D eigenvalue weighted by Crippen LogP contribution is 2.33. The van der Waals surface area contributed by atoms with Gasteiger partial charge in [0.2, 0.25) is 5.91 Å². The molecule has 42 heavy (non-hydrogen) atoms. The van der Waals surface area contributed by atoms with Gasteiger partial charge >= 0.3 is 0 Å². The Morgan fingerprint density at radius 3 is 2.55 bits per heavy atom. The fourth-order valence-corrected chi connectivity index (χ4v) is 5.59. The molecule has 5 rings (SSSR count). The van der Waals surface area contributed by atoms with Crippen LogP contribution in [-0.4, -0.2) is 59.7 Å². The number of halogens is 1. The van der Waals surface area contributed by atoms with Crippen molar-refractivity contribution in [2.24, 2.45) is 0 Å². The van der Waals surface area contributed by atoms with E-state index in [4.69, 9.17) is 25.8 Å². The van der Waals surface area contributed by atoms with Gasteiger partial charge in [0.15, 0.2) is 17.6 Å². The molecule has 0 atom stereocenters. The van der Waals surface area contributed by atoms with Crippen LogP contribution in [0.25, 0.3) is 5.69 Å². The molecule has 1 aliphatic rings. The molecule has 0 saturated heterocycles. The fourth-order valence-electron chi connectivity index (χ4n) is 4.63. The summed E-state index contributed by atoms with van der Waals surface area (Å²) in [6, 6.07) is 20.1. The predicted octanol–water partition coefficient (Wildman–Crippen LogP) is 4.70. The summed E-state index contributed by atoms with van der Waals surface area (Å²) in [5, 5.41) is 12.6. The van der Waals surface area contributed by atoms with Gasteiger partial charge in [0.25, 0.3) is 5.91 Å². The third kappa shape index (κ3) is 6.80. The molecular weight excluding hydrogens is 578 g/mol. The molecule has 1 aliphatic heterocycles. The molecule has 3 aromatic carbocycles. The summed E-state index contributed by atoms with van der Waals surface area (Å²) in [7, 11) is 3.14. The van der Waals surface area contributed by atoms with Crippen molar-refractivity contribution in [2.45, 2.75) is 24.5 Å². The maximum atomic E-state index is 13.4. The first-order chi connectivity index (χ1) is 20.5. The molecule has 12 heteroatoms. The van der Waals surface area contributed by atoms with E-state index < -0.39 is 0 Å². The second-order valence-electron chi connectivity index (χ2n) is 9.36. The van der Waals surface area contributed by atoms with Crippen molar-refractivity contribution in [1.82, 2.24) is 20.1 Å². The van der Waals surface area contributed by atoms with Crippen LogP contribution in [0.1, 0.15) is 17.8 Å². The number of rotatable bonds is 11. The first-order valence-electron chi connectivity index (χ1n) is 13.3. The predicted molar refractivity (Wildman–Crippen MR) is 161 cm³/mol. The van der Waals surface area contributed by atoms with E-state index in [1.54, 1.807) is 61.3 Å². The lowest BCUT2D eigenvalue weighted by atomic mass is 10.0. The molecular formula is C30H30ClN5O5S. The van der Waals surface area contributed by atoms with Crippen LogP contribution in [0.2, 0.25) is 5.02 Å². The molecule has 0 spiro atoms. The van der Waals surface area contributed by atoms with Gasteiger partial charge in [-0.3, -0.25) is 14.2 Å². The molecule has 0 fully saturated rings. The molecule has 1 N–H and O–H groups in total. The third-order valence-electron chi connectivity index (χ3n) is 6.69. The summed E-state index contributed by atoms with van der Waals surface area (Å²) in [6.45, 7) is 0.540. The summed E-state index contributed by atoms with van der Waals surface area (Å²) in [5.41, 5.74) is 2.74. The molecule has 2 amide bonds. The number of benzene rings is 3. The van der Waals surface area contributed by atoms with Gasteiger partial charge in [-0.1, -0.05) is 41.6 Å². The number of fused-ring (bicyclic) bond motifs is 1. The number of nitrogens with zero attached hydrogens (tertiary/aromatic N) is 4. The van der Waals surface area contributed by atoms with Crippen molar-refractivity contribution in [1.29, 1.82) is 0 Å².